The lowest BCUT2D eigenvalue weighted by atomic mass is 10.1. The van der Waals surface area contributed by atoms with Crippen LogP contribution in [0.15, 0.2) is 29.3 Å². The maximum Gasteiger partial charge on any atom is 0.191 e. The highest BCUT2D eigenvalue weighted by atomic mass is 127. The van der Waals surface area contributed by atoms with Crippen molar-refractivity contribution in [2.75, 3.05) is 71.5 Å². The van der Waals surface area contributed by atoms with Crippen molar-refractivity contribution < 1.29 is 9.47 Å². The lowest BCUT2D eigenvalue weighted by Crippen LogP contribution is -2.47. The van der Waals surface area contributed by atoms with Crippen LogP contribution in [0.5, 0.6) is 5.75 Å². The van der Waals surface area contributed by atoms with Gasteiger partial charge < -0.3 is 25.0 Å². The quantitative estimate of drug-likeness (QED) is 0.209. The summed E-state index contributed by atoms with van der Waals surface area (Å²) in [6, 6.07) is 8.35. The number of hydrogen-bond donors (Lipinski definition) is 2. The second-order valence-electron chi connectivity index (χ2n) is 7.97. The molecule has 172 valence electrons. The summed E-state index contributed by atoms with van der Waals surface area (Å²) in [5.41, 5.74) is 1.03. The molecule has 0 aromatic heterocycles. The van der Waals surface area contributed by atoms with Crippen molar-refractivity contribution in [1.82, 2.24) is 15.5 Å². The highest BCUT2D eigenvalue weighted by Crippen LogP contribution is 2.20. The van der Waals surface area contributed by atoms with Crippen molar-refractivity contribution in [2.24, 2.45) is 4.99 Å². The normalized spacial score (nSPS) is 15.5. The molecule has 1 heterocycles. The molecule has 1 aromatic rings. The Kier molecular flexibility index (Phi) is 12.4. The summed E-state index contributed by atoms with van der Waals surface area (Å²) in [6.45, 7) is 14.0. The fourth-order valence-corrected chi connectivity index (χ4v) is 3.21. The van der Waals surface area contributed by atoms with Gasteiger partial charge in [-0.1, -0.05) is 0 Å². The molecule has 1 aliphatic heterocycles. The van der Waals surface area contributed by atoms with Crippen LogP contribution in [-0.4, -0.2) is 83.0 Å². The zero-order valence-electron chi connectivity index (χ0n) is 19.2. The standard InChI is InChI=1S/C22H39N5O2.HI/c1-6-23-21(25-18-22(2,3)29-5)24-12-7-13-26-14-16-27(17-15-26)19-8-10-20(28-4)11-9-19;/h8-11H,6-7,12-18H2,1-5H3,(H2,23,24,25);1H. The molecule has 0 saturated carbocycles. The minimum atomic E-state index is -0.244. The Morgan fingerprint density at radius 2 is 1.73 bits per heavy atom. The summed E-state index contributed by atoms with van der Waals surface area (Å²) in [5, 5.41) is 6.74. The van der Waals surface area contributed by atoms with Crippen LogP contribution in [0.2, 0.25) is 0 Å². The average molecular weight is 533 g/mol. The van der Waals surface area contributed by atoms with Crippen molar-refractivity contribution in [2.45, 2.75) is 32.8 Å². The van der Waals surface area contributed by atoms with Crippen LogP contribution in [0.1, 0.15) is 27.2 Å². The lowest BCUT2D eigenvalue weighted by molar-refractivity contribution is 0.0310. The first-order valence-corrected chi connectivity index (χ1v) is 10.7. The third kappa shape index (κ3) is 9.26. The van der Waals surface area contributed by atoms with Crippen molar-refractivity contribution >= 4 is 35.6 Å². The van der Waals surface area contributed by atoms with E-state index in [9.17, 15) is 0 Å². The number of piperazine rings is 1. The number of ether oxygens (including phenoxy) is 2. The highest BCUT2D eigenvalue weighted by molar-refractivity contribution is 14.0. The lowest BCUT2D eigenvalue weighted by Gasteiger charge is -2.36. The van der Waals surface area contributed by atoms with Crippen LogP contribution < -0.4 is 20.3 Å². The van der Waals surface area contributed by atoms with Gasteiger partial charge in [-0.2, -0.15) is 0 Å². The molecule has 1 aliphatic rings. The molecule has 1 saturated heterocycles. The molecule has 0 unspecified atom stereocenters. The predicted molar refractivity (Wildman–Crippen MR) is 137 cm³/mol. The van der Waals surface area contributed by atoms with E-state index in [4.69, 9.17) is 9.47 Å². The molecule has 2 rings (SSSR count). The summed E-state index contributed by atoms with van der Waals surface area (Å²) in [7, 11) is 3.43. The monoisotopic (exact) mass is 533 g/mol. The smallest absolute Gasteiger partial charge is 0.191 e. The SMILES string of the molecule is CCNC(=NCC(C)(C)OC)NCCCN1CCN(c2ccc(OC)cc2)CC1.I. The van der Waals surface area contributed by atoms with Crippen molar-refractivity contribution in [1.29, 1.82) is 0 Å². The number of hydrogen-bond acceptors (Lipinski definition) is 5. The first-order valence-electron chi connectivity index (χ1n) is 10.7. The molecule has 1 fully saturated rings. The maximum atomic E-state index is 5.44. The van der Waals surface area contributed by atoms with E-state index in [-0.39, 0.29) is 29.6 Å². The number of benzene rings is 1. The van der Waals surface area contributed by atoms with Gasteiger partial charge in [0.25, 0.3) is 0 Å². The Morgan fingerprint density at radius 1 is 1.07 bits per heavy atom. The van der Waals surface area contributed by atoms with Gasteiger partial charge in [0.15, 0.2) is 5.96 Å². The number of halogens is 1. The fraction of sp³-hybridized carbons (Fsp3) is 0.682. The second kappa shape index (κ2) is 13.9. The van der Waals surface area contributed by atoms with E-state index in [0.29, 0.717) is 6.54 Å². The topological polar surface area (TPSA) is 61.4 Å². The minimum Gasteiger partial charge on any atom is -0.497 e. The first kappa shape index (κ1) is 26.8. The van der Waals surface area contributed by atoms with Crippen LogP contribution in [0.3, 0.4) is 0 Å². The summed E-state index contributed by atoms with van der Waals surface area (Å²) in [4.78, 5) is 9.62. The molecule has 30 heavy (non-hydrogen) atoms. The van der Waals surface area contributed by atoms with Crippen molar-refractivity contribution in [3.05, 3.63) is 24.3 Å². The van der Waals surface area contributed by atoms with E-state index in [1.54, 1.807) is 14.2 Å². The van der Waals surface area contributed by atoms with Gasteiger partial charge in [-0.15, -0.1) is 24.0 Å². The Bertz CT molecular complexity index is 616. The molecule has 0 bridgehead atoms. The molecule has 0 radical (unpaired) electrons. The summed E-state index contributed by atoms with van der Waals surface area (Å²) in [5.74, 6) is 1.77. The van der Waals surface area contributed by atoms with Gasteiger partial charge in [0.1, 0.15) is 5.75 Å². The summed E-state index contributed by atoms with van der Waals surface area (Å²) in [6.07, 6.45) is 1.10. The van der Waals surface area contributed by atoms with Gasteiger partial charge >= 0.3 is 0 Å². The number of aliphatic imine (C=N–C) groups is 1. The van der Waals surface area contributed by atoms with Crippen LogP contribution in [0, 0.1) is 0 Å². The summed E-state index contributed by atoms with van der Waals surface area (Å²) < 4.78 is 10.7. The van der Waals surface area contributed by atoms with E-state index in [1.165, 1.54) is 5.69 Å². The number of rotatable bonds is 10. The number of nitrogens with one attached hydrogen (secondary N) is 2. The van der Waals surface area contributed by atoms with Gasteiger partial charge in [-0.05, 0) is 58.0 Å². The highest BCUT2D eigenvalue weighted by Gasteiger charge is 2.17. The molecular formula is C22H40IN5O2. The molecule has 7 nitrogen and oxygen atoms in total. The number of guanidine groups is 1. The summed E-state index contributed by atoms with van der Waals surface area (Å²) >= 11 is 0. The Morgan fingerprint density at radius 3 is 2.30 bits per heavy atom. The fourth-order valence-electron chi connectivity index (χ4n) is 3.21. The van der Waals surface area contributed by atoms with Crippen LogP contribution >= 0.6 is 24.0 Å². The third-order valence-electron chi connectivity index (χ3n) is 5.27. The number of nitrogens with zero attached hydrogens (tertiary/aromatic N) is 3. The van der Waals surface area contributed by atoms with E-state index < -0.39 is 0 Å². The van der Waals surface area contributed by atoms with Crippen LogP contribution in [-0.2, 0) is 4.74 Å². The van der Waals surface area contributed by atoms with Crippen LogP contribution in [0.25, 0.3) is 0 Å². The second-order valence-corrected chi connectivity index (χ2v) is 7.97. The zero-order chi connectivity index (χ0) is 21.1. The van der Waals surface area contributed by atoms with E-state index in [1.807, 2.05) is 26.0 Å². The zero-order valence-corrected chi connectivity index (χ0v) is 21.6. The van der Waals surface area contributed by atoms with E-state index >= 15 is 0 Å². The first-order chi connectivity index (χ1) is 14.0. The third-order valence-corrected chi connectivity index (χ3v) is 5.27. The van der Waals surface area contributed by atoms with Gasteiger partial charge in [-0.25, -0.2) is 0 Å². The van der Waals surface area contributed by atoms with Gasteiger partial charge in [-0.3, -0.25) is 9.89 Å². The maximum absolute atomic E-state index is 5.44. The molecule has 1 aromatic carbocycles. The number of methoxy groups -OCH3 is 2. The number of anilines is 1. The molecule has 8 heteroatoms. The molecule has 0 spiro atoms. The average Bonchev–Trinajstić information content (AvgIpc) is 2.75. The molecule has 0 aliphatic carbocycles. The van der Waals surface area contributed by atoms with Gasteiger partial charge in [0.2, 0.25) is 0 Å². The van der Waals surface area contributed by atoms with E-state index in [0.717, 1.165) is 63.9 Å². The Labute approximate surface area is 199 Å². The van der Waals surface area contributed by atoms with Gasteiger partial charge in [0.05, 0.1) is 19.3 Å². The van der Waals surface area contributed by atoms with Crippen LogP contribution in [0.4, 0.5) is 5.69 Å². The molecular weight excluding hydrogens is 493 g/mol. The predicted octanol–water partition coefficient (Wildman–Crippen LogP) is 2.81. The van der Waals surface area contributed by atoms with Gasteiger partial charge in [0, 0.05) is 52.1 Å². The van der Waals surface area contributed by atoms with E-state index in [2.05, 4.69) is 44.5 Å². The Hall–Kier alpha value is -1.26. The Balaban J connectivity index is 0.00000450. The largest absolute Gasteiger partial charge is 0.497 e. The minimum absolute atomic E-state index is 0. The molecule has 0 amide bonds. The van der Waals surface area contributed by atoms with Crippen molar-refractivity contribution in [3.63, 3.8) is 0 Å². The molecule has 0 atom stereocenters. The molecule has 2 N–H and O–H groups in total. The van der Waals surface area contributed by atoms with Crippen molar-refractivity contribution in [3.8, 4) is 5.75 Å².